The van der Waals surface area contributed by atoms with E-state index in [1.165, 1.54) is 0 Å². The fourth-order valence-electron chi connectivity index (χ4n) is 1.89. The molecule has 1 heterocycles. The minimum Gasteiger partial charge on any atom is -0.376 e. The lowest BCUT2D eigenvalue weighted by atomic mass is 9.90. The number of aldehydes is 1. The monoisotopic (exact) mass is 171 g/mol. The van der Waals surface area contributed by atoms with Gasteiger partial charge < -0.3 is 14.4 Å². The second kappa shape index (κ2) is 4.01. The predicted molar refractivity (Wildman–Crippen MR) is 47.2 cm³/mol. The highest BCUT2D eigenvalue weighted by molar-refractivity contribution is 5.51. The summed E-state index contributed by atoms with van der Waals surface area (Å²) >= 11 is 0. The van der Waals surface area contributed by atoms with Crippen molar-refractivity contribution in [2.45, 2.75) is 24.9 Å². The molecular formula is C9H17NO2. The number of carbonyl (C=O) groups excluding carboxylic acids is 1. The average molecular weight is 171 g/mol. The molecule has 3 nitrogen and oxygen atoms in total. The van der Waals surface area contributed by atoms with E-state index in [1.807, 2.05) is 0 Å². The lowest BCUT2D eigenvalue weighted by molar-refractivity contribution is -0.118. The van der Waals surface area contributed by atoms with E-state index in [0.717, 1.165) is 32.2 Å². The van der Waals surface area contributed by atoms with Crippen LogP contribution in [0.2, 0.25) is 0 Å². The van der Waals surface area contributed by atoms with Crippen molar-refractivity contribution in [1.82, 2.24) is 4.90 Å². The summed E-state index contributed by atoms with van der Waals surface area (Å²) in [4.78, 5) is 12.7. The third-order valence-corrected chi connectivity index (χ3v) is 2.62. The molecule has 1 unspecified atom stereocenters. The van der Waals surface area contributed by atoms with Crippen molar-refractivity contribution in [3.8, 4) is 0 Å². The summed E-state index contributed by atoms with van der Waals surface area (Å²) in [6, 6.07) is 0. The SMILES string of the molecule is COC1(CC=O)CCCN(C)C1. The average Bonchev–Trinajstić information content (AvgIpc) is 2.05. The maximum Gasteiger partial charge on any atom is 0.122 e. The normalized spacial score (nSPS) is 31.8. The van der Waals surface area contributed by atoms with Gasteiger partial charge in [0.25, 0.3) is 0 Å². The van der Waals surface area contributed by atoms with Crippen molar-refractivity contribution in [2.24, 2.45) is 0 Å². The van der Waals surface area contributed by atoms with E-state index in [1.54, 1.807) is 7.11 Å². The molecular weight excluding hydrogens is 154 g/mol. The molecule has 0 radical (unpaired) electrons. The van der Waals surface area contributed by atoms with Gasteiger partial charge in [-0.05, 0) is 26.4 Å². The summed E-state index contributed by atoms with van der Waals surface area (Å²) in [7, 11) is 3.76. The van der Waals surface area contributed by atoms with Crippen LogP contribution in [-0.4, -0.2) is 44.0 Å². The van der Waals surface area contributed by atoms with Crippen LogP contribution in [0.5, 0.6) is 0 Å². The topological polar surface area (TPSA) is 29.5 Å². The first kappa shape index (κ1) is 9.68. The molecule has 1 atom stereocenters. The Hall–Kier alpha value is -0.410. The van der Waals surface area contributed by atoms with Gasteiger partial charge in [0.1, 0.15) is 6.29 Å². The maximum atomic E-state index is 10.4. The fraction of sp³-hybridized carbons (Fsp3) is 0.889. The van der Waals surface area contributed by atoms with Gasteiger partial charge in [0.2, 0.25) is 0 Å². The standard InChI is InChI=1S/C9H17NO2/c1-10-6-3-4-9(8-10,12-2)5-7-11/h7H,3-6,8H2,1-2H3. The third-order valence-electron chi connectivity index (χ3n) is 2.62. The number of hydrogen-bond donors (Lipinski definition) is 0. The van der Waals surface area contributed by atoms with Crippen molar-refractivity contribution >= 4 is 6.29 Å². The molecule has 1 rings (SSSR count). The zero-order valence-corrected chi connectivity index (χ0v) is 7.88. The quantitative estimate of drug-likeness (QED) is 0.585. The number of hydrogen-bond acceptors (Lipinski definition) is 3. The minimum absolute atomic E-state index is 0.200. The van der Waals surface area contributed by atoms with Crippen LogP contribution in [-0.2, 0) is 9.53 Å². The molecule has 0 saturated carbocycles. The summed E-state index contributed by atoms with van der Waals surface area (Å²) in [5.74, 6) is 0. The summed E-state index contributed by atoms with van der Waals surface area (Å²) in [6.45, 7) is 1.99. The molecule has 0 amide bonds. The number of nitrogens with zero attached hydrogens (tertiary/aromatic N) is 1. The van der Waals surface area contributed by atoms with Crippen LogP contribution in [0, 0.1) is 0 Å². The van der Waals surface area contributed by atoms with Crippen LogP contribution in [0.3, 0.4) is 0 Å². The van der Waals surface area contributed by atoms with Gasteiger partial charge in [-0.1, -0.05) is 0 Å². The van der Waals surface area contributed by atoms with Crippen LogP contribution in [0.15, 0.2) is 0 Å². The summed E-state index contributed by atoms with van der Waals surface area (Å²) in [6.07, 6.45) is 3.61. The summed E-state index contributed by atoms with van der Waals surface area (Å²) in [5.41, 5.74) is -0.200. The smallest absolute Gasteiger partial charge is 0.122 e. The van der Waals surface area contributed by atoms with Gasteiger partial charge in [-0.25, -0.2) is 0 Å². The molecule has 0 aromatic carbocycles. The van der Waals surface area contributed by atoms with E-state index in [4.69, 9.17) is 4.74 Å². The van der Waals surface area contributed by atoms with E-state index < -0.39 is 0 Å². The first-order valence-electron chi connectivity index (χ1n) is 4.40. The zero-order chi connectivity index (χ0) is 9.03. The third kappa shape index (κ3) is 2.05. The van der Waals surface area contributed by atoms with Crippen molar-refractivity contribution in [3.63, 3.8) is 0 Å². The molecule has 1 aliphatic rings. The first-order chi connectivity index (χ1) is 5.72. The Kier molecular flexibility index (Phi) is 3.23. The molecule has 0 bridgehead atoms. The van der Waals surface area contributed by atoms with E-state index in [2.05, 4.69) is 11.9 Å². The van der Waals surface area contributed by atoms with E-state index in [0.29, 0.717) is 6.42 Å². The van der Waals surface area contributed by atoms with Gasteiger partial charge in [-0.15, -0.1) is 0 Å². The van der Waals surface area contributed by atoms with Crippen LogP contribution in [0.25, 0.3) is 0 Å². The molecule has 0 aromatic rings. The number of likely N-dealkylation sites (tertiary alicyclic amines) is 1. The molecule has 1 fully saturated rings. The van der Waals surface area contributed by atoms with Gasteiger partial charge in [0.15, 0.2) is 0 Å². The van der Waals surface area contributed by atoms with Crippen molar-refractivity contribution in [3.05, 3.63) is 0 Å². The highest BCUT2D eigenvalue weighted by Gasteiger charge is 2.33. The molecule has 1 aliphatic heterocycles. The number of likely N-dealkylation sites (N-methyl/N-ethyl adjacent to an activating group) is 1. The number of ether oxygens (including phenoxy) is 1. The number of piperidine rings is 1. The van der Waals surface area contributed by atoms with Gasteiger partial charge in [-0.2, -0.15) is 0 Å². The van der Waals surface area contributed by atoms with Crippen LogP contribution >= 0.6 is 0 Å². The number of carbonyl (C=O) groups is 1. The summed E-state index contributed by atoms with van der Waals surface area (Å²) < 4.78 is 5.42. The van der Waals surface area contributed by atoms with Gasteiger partial charge in [-0.3, -0.25) is 0 Å². The largest absolute Gasteiger partial charge is 0.376 e. The van der Waals surface area contributed by atoms with Crippen LogP contribution in [0.4, 0.5) is 0 Å². The van der Waals surface area contributed by atoms with E-state index in [-0.39, 0.29) is 5.60 Å². The Balaban J connectivity index is 2.57. The Morgan fingerprint density at radius 3 is 2.92 bits per heavy atom. The summed E-state index contributed by atoms with van der Waals surface area (Å²) in [5, 5.41) is 0. The number of methoxy groups -OCH3 is 1. The molecule has 0 aliphatic carbocycles. The second-order valence-electron chi connectivity index (χ2n) is 3.60. The Labute approximate surface area is 73.7 Å². The maximum absolute atomic E-state index is 10.4. The lowest BCUT2D eigenvalue weighted by Gasteiger charge is -2.39. The number of rotatable bonds is 3. The van der Waals surface area contributed by atoms with Gasteiger partial charge >= 0.3 is 0 Å². The Morgan fingerprint density at radius 1 is 1.67 bits per heavy atom. The van der Waals surface area contributed by atoms with Gasteiger partial charge in [0.05, 0.1) is 5.60 Å². The van der Waals surface area contributed by atoms with Crippen molar-refractivity contribution < 1.29 is 9.53 Å². The Bertz CT molecular complexity index is 161. The molecule has 0 aromatic heterocycles. The Morgan fingerprint density at radius 2 is 2.42 bits per heavy atom. The van der Waals surface area contributed by atoms with Crippen LogP contribution < -0.4 is 0 Å². The minimum atomic E-state index is -0.200. The van der Waals surface area contributed by atoms with Crippen molar-refractivity contribution in [2.75, 3.05) is 27.2 Å². The predicted octanol–water partition coefficient (Wildman–Crippen LogP) is 0.686. The molecule has 12 heavy (non-hydrogen) atoms. The van der Waals surface area contributed by atoms with Crippen molar-refractivity contribution in [1.29, 1.82) is 0 Å². The molecule has 3 heteroatoms. The molecule has 0 spiro atoms. The second-order valence-corrected chi connectivity index (χ2v) is 3.60. The molecule has 0 N–H and O–H groups in total. The first-order valence-corrected chi connectivity index (χ1v) is 4.40. The highest BCUT2D eigenvalue weighted by Crippen LogP contribution is 2.26. The van der Waals surface area contributed by atoms with Crippen LogP contribution in [0.1, 0.15) is 19.3 Å². The zero-order valence-electron chi connectivity index (χ0n) is 7.88. The molecule has 70 valence electrons. The highest BCUT2D eigenvalue weighted by atomic mass is 16.5. The fourth-order valence-corrected chi connectivity index (χ4v) is 1.89. The van der Waals surface area contributed by atoms with Gasteiger partial charge in [0, 0.05) is 20.1 Å². The molecule has 1 saturated heterocycles. The lowest BCUT2D eigenvalue weighted by Crippen LogP contribution is -2.48. The van der Waals surface area contributed by atoms with E-state index in [9.17, 15) is 4.79 Å². The van der Waals surface area contributed by atoms with E-state index >= 15 is 0 Å².